The fourth-order valence-electron chi connectivity index (χ4n) is 0.915. The van der Waals surface area contributed by atoms with Crippen molar-refractivity contribution in [1.82, 2.24) is 0 Å². The summed E-state index contributed by atoms with van der Waals surface area (Å²) < 4.78 is 14.2. The van der Waals surface area contributed by atoms with E-state index in [4.69, 9.17) is 14.2 Å². The second kappa shape index (κ2) is 7.43. The predicted molar refractivity (Wildman–Crippen MR) is 57.7 cm³/mol. The average Bonchev–Trinajstić information content (AvgIpc) is 2.12. The molecule has 0 unspecified atom stereocenters. The van der Waals surface area contributed by atoms with E-state index in [0.29, 0.717) is 5.57 Å². The van der Waals surface area contributed by atoms with Crippen LogP contribution in [0.2, 0.25) is 0 Å². The number of rotatable bonds is 5. The topological polar surface area (TPSA) is 78.9 Å². The smallest absolute Gasteiger partial charge is 0.305 e. The van der Waals surface area contributed by atoms with Crippen LogP contribution < -0.4 is 0 Å². The Labute approximate surface area is 99.5 Å². The van der Waals surface area contributed by atoms with Crippen molar-refractivity contribution in [3.8, 4) is 0 Å². The second-order valence-electron chi connectivity index (χ2n) is 3.38. The van der Waals surface area contributed by atoms with Crippen molar-refractivity contribution in [2.24, 2.45) is 0 Å². The quantitative estimate of drug-likeness (QED) is 0.407. The summed E-state index contributed by atoms with van der Waals surface area (Å²) in [5.41, 5.74) is 0.604. The van der Waals surface area contributed by atoms with E-state index in [0.717, 1.165) is 0 Å². The number of carbonyl (C=O) groups is 3. The van der Waals surface area contributed by atoms with Crippen LogP contribution in [0.1, 0.15) is 27.7 Å². The van der Waals surface area contributed by atoms with Crippen LogP contribution in [0.5, 0.6) is 0 Å². The van der Waals surface area contributed by atoms with Crippen molar-refractivity contribution in [3.05, 3.63) is 11.6 Å². The van der Waals surface area contributed by atoms with Crippen LogP contribution in [0, 0.1) is 0 Å². The SMILES string of the molecule is CC(=O)OCC(C)=CC(OC(C)=O)OC(C)=O. The Balaban J connectivity index is 4.46. The van der Waals surface area contributed by atoms with Crippen LogP contribution >= 0.6 is 0 Å². The Hall–Kier alpha value is -1.85. The number of hydrogen-bond acceptors (Lipinski definition) is 6. The molecule has 96 valence electrons. The highest BCUT2D eigenvalue weighted by atomic mass is 16.7. The summed E-state index contributed by atoms with van der Waals surface area (Å²) in [6.45, 7) is 5.39. The molecule has 0 aliphatic carbocycles. The highest BCUT2D eigenvalue weighted by Gasteiger charge is 2.12. The van der Waals surface area contributed by atoms with Crippen molar-refractivity contribution in [2.75, 3.05) is 6.61 Å². The zero-order valence-corrected chi connectivity index (χ0v) is 10.3. The lowest BCUT2D eigenvalue weighted by Gasteiger charge is -2.14. The number of carbonyl (C=O) groups excluding carboxylic acids is 3. The van der Waals surface area contributed by atoms with Crippen LogP contribution in [0.3, 0.4) is 0 Å². The van der Waals surface area contributed by atoms with Crippen LogP contribution in [0.25, 0.3) is 0 Å². The largest absolute Gasteiger partial charge is 0.461 e. The molecule has 0 N–H and O–H groups in total. The molecule has 0 heterocycles. The standard InChI is InChI=1S/C11H16O6/c1-7(6-15-8(2)12)5-11(16-9(3)13)17-10(4)14/h5,11H,6H2,1-4H3. The molecule has 0 aliphatic heterocycles. The molecule has 0 aromatic heterocycles. The number of ether oxygens (including phenoxy) is 3. The van der Waals surface area contributed by atoms with Gasteiger partial charge in [-0.25, -0.2) is 0 Å². The Bertz CT molecular complexity index is 315. The Kier molecular flexibility index (Phi) is 6.62. The summed E-state index contributed by atoms with van der Waals surface area (Å²) in [6, 6.07) is 0. The van der Waals surface area contributed by atoms with E-state index >= 15 is 0 Å². The minimum absolute atomic E-state index is 0.0500. The highest BCUT2D eigenvalue weighted by Crippen LogP contribution is 2.04. The molecule has 0 aromatic rings. The van der Waals surface area contributed by atoms with Crippen LogP contribution in [-0.2, 0) is 28.6 Å². The van der Waals surface area contributed by atoms with Gasteiger partial charge < -0.3 is 14.2 Å². The monoisotopic (exact) mass is 244 g/mol. The summed E-state index contributed by atoms with van der Waals surface area (Å²) in [7, 11) is 0. The van der Waals surface area contributed by atoms with Gasteiger partial charge in [0.25, 0.3) is 6.29 Å². The van der Waals surface area contributed by atoms with Crippen LogP contribution in [0.4, 0.5) is 0 Å². The maximum atomic E-state index is 10.8. The molecular formula is C11H16O6. The third kappa shape index (κ3) is 9.10. The average molecular weight is 244 g/mol. The van der Waals surface area contributed by atoms with Gasteiger partial charge in [0.15, 0.2) is 0 Å². The minimum atomic E-state index is -1.10. The zero-order chi connectivity index (χ0) is 13.4. The summed E-state index contributed by atoms with van der Waals surface area (Å²) in [6.07, 6.45) is 0.298. The molecule has 0 fully saturated rings. The summed E-state index contributed by atoms with van der Waals surface area (Å²) in [5, 5.41) is 0. The lowest BCUT2D eigenvalue weighted by atomic mass is 10.3. The van der Waals surface area contributed by atoms with E-state index in [1.165, 1.54) is 26.8 Å². The van der Waals surface area contributed by atoms with Crippen molar-refractivity contribution in [3.63, 3.8) is 0 Å². The second-order valence-corrected chi connectivity index (χ2v) is 3.38. The van der Waals surface area contributed by atoms with Gasteiger partial charge >= 0.3 is 17.9 Å². The minimum Gasteiger partial charge on any atom is -0.461 e. The van der Waals surface area contributed by atoms with Gasteiger partial charge in [-0.1, -0.05) is 0 Å². The van der Waals surface area contributed by atoms with Gasteiger partial charge in [0.05, 0.1) is 0 Å². The Morgan fingerprint density at radius 2 is 1.41 bits per heavy atom. The third-order valence-electron chi connectivity index (χ3n) is 1.49. The molecule has 0 saturated carbocycles. The fourth-order valence-corrected chi connectivity index (χ4v) is 0.915. The molecule has 0 aliphatic rings. The molecular weight excluding hydrogens is 228 g/mol. The van der Waals surface area contributed by atoms with Gasteiger partial charge in [-0.15, -0.1) is 0 Å². The molecule has 0 saturated heterocycles. The van der Waals surface area contributed by atoms with E-state index in [2.05, 4.69) is 0 Å². The summed E-state index contributed by atoms with van der Waals surface area (Å²) in [5.74, 6) is -1.57. The molecule has 17 heavy (non-hydrogen) atoms. The number of esters is 3. The van der Waals surface area contributed by atoms with Crippen molar-refractivity contribution >= 4 is 17.9 Å². The fraction of sp³-hybridized carbons (Fsp3) is 0.545. The van der Waals surface area contributed by atoms with Gasteiger partial charge in [0.2, 0.25) is 0 Å². The van der Waals surface area contributed by atoms with Crippen LogP contribution in [-0.4, -0.2) is 30.8 Å². The Morgan fingerprint density at radius 3 is 1.76 bits per heavy atom. The van der Waals surface area contributed by atoms with Gasteiger partial charge in [-0.3, -0.25) is 14.4 Å². The lowest BCUT2D eigenvalue weighted by Crippen LogP contribution is -2.21. The highest BCUT2D eigenvalue weighted by molar-refractivity contribution is 5.68. The third-order valence-corrected chi connectivity index (χ3v) is 1.49. The van der Waals surface area contributed by atoms with E-state index in [1.54, 1.807) is 6.92 Å². The first-order valence-corrected chi connectivity index (χ1v) is 4.96. The molecule has 0 aromatic carbocycles. The van der Waals surface area contributed by atoms with Crippen molar-refractivity contribution in [1.29, 1.82) is 0 Å². The lowest BCUT2D eigenvalue weighted by molar-refractivity contribution is -0.176. The molecule has 0 radical (unpaired) electrons. The van der Waals surface area contributed by atoms with E-state index in [-0.39, 0.29) is 6.61 Å². The normalized spacial score (nSPS) is 11.0. The van der Waals surface area contributed by atoms with E-state index < -0.39 is 24.2 Å². The molecule has 0 rings (SSSR count). The van der Waals surface area contributed by atoms with Gasteiger partial charge in [-0.2, -0.15) is 0 Å². The Morgan fingerprint density at radius 1 is 0.941 bits per heavy atom. The maximum Gasteiger partial charge on any atom is 0.305 e. The maximum absolute atomic E-state index is 10.8. The van der Waals surface area contributed by atoms with Gasteiger partial charge in [-0.05, 0) is 18.6 Å². The van der Waals surface area contributed by atoms with E-state index in [1.807, 2.05) is 0 Å². The van der Waals surface area contributed by atoms with Crippen molar-refractivity contribution in [2.45, 2.75) is 34.0 Å². The first kappa shape index (κ1) is 15.2. The molecule has 0 spiro atoms. The summed E-state index contributed by atoms with van der Waals surface area (Å²) >= 11 is 0. The molecule has 0 bridgehead atoms. The summed E-state index contributed by atoms with van der Waals surface area (Å²) in [4.78, 5) is 32.1. The zero-order valence-electron chi connectivity index (χ0n) is 10.3. The van der Waals surface area contributed by atoms with Crippen molar-refractivity contribution < 1.29 is 28.6 Å². The first-order chi connectivity index (χ1) is 7.81. The van der Waals surface area contributed by atoms with Gasteiger partial charge in [0.1, 0.15) is 6.61 Å². The number of hydrogen-bond donors (Lipinski definition) is 0. The molecule has 6 heteroatoms. The molecule has 0 atom stereocenters. The van der Waals surface area contributed by atoms with Gasteiger partial charge in [0, 0.05) is 20.8 Å². The van der Waals surface area contributed by atoms with E-state index in [9.17, 15) is 14.4 Å². The first-order valence-electron chi connectivity index (χ1n) is 4.96. The molecule has 6 nitrogen and oxygen atoms in total. The molecule has 0 amide bonds. The van der Waals surface area contributed by atoms with Crippen LogP contribution in [0.15, 0.2) is 11.6 Å². The predicted octanol–water partition coefficient (Wildman–Crippen LogP) is 0.948.